The fourth-order valence-corrected chi connectivity index (χ4v) is 2.58. The van der Waals surface area contributed by atoms with Crippen molar-refractivity contribution in [3.63, 3.8) is 0 Å². The number of halogens is 2. The van der Waals surface area contributed by atoms with E-state index in [9.17, 15) is 4.39 Å². The Hall–Kier alpha value is -1.16. The van der Waals surface area contributed by atoms with E-state index in [1.54, 1.807) is 6.07 Å². The van der Waals surface area contributed by atoms with Crippen molar-refractivity contribution in [1.29, 1.82) is 0 Å². The summed E-state index contributed by atoms with van der Waals surface area (Å²) in [5.41, 5.74) is 1.46. The molecule has 20 heavy (non-hydrogen) atoms. The van der Waals surface area contributed by atoms with Crippen LogP contribution in [0, 0.1) is 5.82 Å². The third-order valence-corrected chi connectivity index (χ3v) is 3.92. The first-order valence-electron chi connectivity index (χ1n) is 6.87. The number of fused-ring (bicyclic) bond motifs is 1. The predicted octanol–water partition coefficient (Wildman–Crippen LogP) is 5.26. The second-order valence-corrected chi connectivity index (χ2v) is 6.84. The Morgan fingerprint density at radius 1 is 1.30 bits per heavy atom. The summed E-state index contributed by atoms with van der Waals surface area (Å²) >= 11 is 3.48. The van der Waals surface area contributed by atoms with Gasteiger partial charge >= 0.3 is 0 Å². The third-order valence-electron chi connectivity index (χ3n) is 3.23. The smallest absolute Gasteiger partial charge is 0.149 e. The maximum atomic E-state index is 14.0. The molecular weight excluding hydrogens is 319 g/mol. The number of anilines is 1. The molecule has 0 aliphatic rings. The van der Waals surface area contributed by atoms with Gasteiger partial charge in [-0.15, -0.1) is 0 Å². The average Bonchev–Trinajstić information content (AvgIpc) is 2.39. The molecule has 0 saturated carbocycles. The number of hydrogen-bond donors (Lipinski definition) is 1. The highest BCUT2D eigenvalue weighted by Gasteiger charge is 2.21. The van der Waals surface area contributed by atoms with E-state index in [0.717, 1.165) is 34.2 Å². The van der Waals surface area contributed by atoms with Crippen molar-refractivity contribution < 1.29 is 4.39 Å². The zero-order valence-electron chi connectivity index (χ0n) is 12.3. The van der Waals surface area contributed by atoms with Gasteiger partial charge in [0.25, 0.3) is 0 Å². The van der Waals surface area contributed by atoms with Gasteiger partial charge in [0.05, 0.1) is 0 Å². The normalized spacial score (nSPS) is 11.9. The van der Waals surface area contributed by atoms with Crippen LogP contribution in [0.4, 0.5) is 10.2 Å². The molecule has 1 N–H and O–H groups in total. The van der Waals surface area contributed by atoms with E-state index in [2.05, 4.69) is 53.9 Å². The van der Waals surface area contributed by atoms with Crippen molar-refractivity contribution in [3.05, 3.63) is 34.1 Å². The predicted molar refractivity (Wildman–Crippen MR) is 86.9 cm³/mol. The van der Waals surface area contributed by atoms with E-state index in [4.69, 9.17) is 0 Å². The number of nitrogens with one attached hydrogen (secondary N) is 1. The summed E-state index contributed by atoms with van der Waals surface area (Å²) in [6.45, 7) is 9.35. The van der Waals surface area contributed by atoms with E-state index >= 15 is 0 Å². The van der Waals surface area contributed by atoms with Crippen molar-refractivity contribution in [2.24, 2.45) is 0 Å². The largest absolute Gasteiger partial charge is 0.370 e. The molecule has 1 aromatic carbocycles. The number of hydrogen-bond acceptors (Lipinski definition) is 2. The monoisotopic (exact) mass is 338 g/mol. The van der Waals surface area contributed by atoms with Gasteiger partial charge in [-0.05, 0) is 30.0 Å². The molecule has 0 fully saturated rings. The molecular formula is C16H20BrFN2. The molecule has 0 radical (unpaired) electrons. The van der Waals surface area contributed by atoms with Crippen molar-refractivity contribution in [2.45, 2.75) is 39.5 Å². The molecule has 0 aliphatic carbocycles. The fourth-order valence-electron chi connectivity index (χ4n) is 2.14. The minimum atomic E-state index is -0.289. The van der Waals surface area contributed by atoms with E-state index in [0.29, 0.717) is 5.52 Å². The van der Waals surface area contributed by atoms with Gasteiger partial charge in [-0.2, -0.15) is 0 Å². The topological polar surface area (TPSA) is 24.9 Å². The van der Waals surface area contributed by atoms with Crippen LogP contribution >= 0.6 is 15.9 Å². The molecule has 108 valence electrons. The lowest BCUT2D eigenvalue weighted by molar-refractivity contribution is 0.589. The molecule has 1 aromatic heterocycles. The average molecular weight is 339 g/mol. The molecule has 0 amide bonds. The van der Waals surface area contributed by atoms with Crippen molar-refractivity contribution in [2.75, 3.05) is 11.9 Å². The lowest BCUT2D eigenvalue weighted by Crippen LogP contribution is -2.17. The minimum absolute atomic E-state index is 0.0526. The maximum Gasteiger partial charge on any atom is 0.149 e. The van der Waals surface area contributed by atoms with Gasteiger partial charge < -0.3 is 5.32 Å². The maximum absolute atomic E-state index is 14.0. The van der Waals surface area contributed by atoms with Crippen molar-refractivity contribution in [1.82, 2.24) is 4.98 Å². The molecule has 0 spiro atoms. The highest BCUT2D eigenvalue weighted by molar-refractivity contribution is 9.10. The number of pyridine rings is 1. The van der Waals surface area contributed by atoms with Crippen molar-refractivity contribution in [3.8, 4) is 0 Å². The standard InChI is InChI=1S/C16H20BrFN2/c1-5-8-19-15-11(16(2,3)4)9-10-12(17)6-7-13(18)14(10)20-15/h6-7,9H,5,8H2,1-4H3,(H,19,20). The van der Waals surface area contributed by atoms with Crippen LogP contribution in [0.5, 0.6) is 0 Å². The molecule has 2 aromatic rings. The molecule has 0 bridgehead atoms. The van der Waals surface area contributed by atoms with Gasteiger partial charge in [0.2, 0.25) is 0 Å². The summed E-state index contributed by atoms with van der Waals surface area (Å²) in [6.07, 6.45) is 1.00. The highest BCUT2D eigenvalue weighted by Crippen LogP contribution is 2.34. The quantitative estimate of drug-likeness (QED) is 0.825. The van der Waals surface area contributed by atoms with E-state index < -0.39 is 0 Å². The second kappa shape index (κ2) is 5.68. The SMILES string of the molecule is CCCNc1nc2c(F)ccc(Br)c2cc1C(C)(C)C. The molecule has 4 heteroatoms. The summed E-state index contributed by atoms with van der Waals surface area (Å²) in [5, 5.41) is 4.13. The lowest BCUT2D eigenvalue weighted by atomic mass is 9.86. The van der Waals surface area contributed by atoms with E-state index in [1.807, 2.05) is 6.07 Å². The first kappa shape index (κ1) is 15.2. The van der Waals surface area contributed by atoms with Gasteiger partial charge in [0.15, 0.2) is 0 Å². The van der Waals surface area contributed by atoms with Crippen LogP contribution in [0.3, 0.4) is 0 Å². The Morgan fingerprint density at radius 3 is 2.60 bits per heavy atom. The number of aromatic nitrogens is 1. The number of rotatable bonds is 3. The molecule has 2 rings (SSSR count). The molecule has 2 nitrogen and oxygen atoms in total. The summed E-state index contributed by atoms with van der Waals surface area (Å²) in [5.74, 6) is 0.493. The second-order valence-electron chi connectivity index (χ2n) is 5.99. The van der Waals surface area contributed by atoms with Gasteiger partial charge in [0, 0.05) is 22.0 Å². The lowest BCUT2D eigenvalue weighted by Gasteiger charge is -2.23. The van der Waals surface area contributed by atoms with Crippen LogP contribution in [0.25, 0.3) is 10.9 Å². The van der Waals surface area contributed by atoms with E-state index in [1.165, 1.54) is 6.07 Å². The zero-order valence-corrected chi connectivity index (χ0v) is 13.9. The molecule has 0 aliphatic heterocycles. The van der Waals surface area contributed by atoms with Crippen LogP contribution in [-0.4, -0.2) is 11.5 Å². The first-order valence-corrected chi connectivity index (χ1v) is 7.67. The summed E-state index contributed by atoms with van der Waals surface area (Å²) < 4.78 is 14.9. The van der Waals surface area contributed by atoms with Crippen LogP contribution in [-0.2, 0) is 5.41 Å². The van der Waals surface area contributed by atoms with Crippen LogP contribution in [0.15, 0.2) is 22.7 Å². The molecule has 1 heterocycles. The van der Waals surface area contributed by atoms with Gasteiger partial charge in [0.1, 0.15) is 17.2 Å². The number of nitrogens with zero attached hydrogens (tertiary/aromatic N) is 1. The Labute approximate surface area is 127 Å². The summed E-state index contributed by atoms with van der Waals surface area (Å²) in [6, 6.07) is 5.21. The number of benzene rings is 1. The Bertz CT molecular complexity index is 632. The molecule has 0 atom stereocenters. The van der Waals surface area contributed by atoms with E-state index in [-0.39, 0.29) is 11.2 Å². The Balaban J connectivity index is 2.71. The third kappa shape index (κ3) is 2.95. The Kier molecular flexibility index (Phi) is 4.33. The molecule has 0 unspecified atom stereocenters. The highest BCUT2D eigenvalue weighted by atomic mass is 79.9. The van der Waals surface area contributed by atoms with Crippen LogP contribution < -0.4 is 5.32 Å². The van der Waals surface area contributed by atoms with Gasteiger partial charge in [-0.25, -0.2) is 9.37 Å². The molecule has 0 saturated heterocycles. The van der Waals surface area contributed by atoms with Gasteiger partial charge in [-0.3, -0.25) is 0 Å². The summed E-state index contributed by atoms with van der Waals surface area (Å²) in [7, 11) is 0. The minimum Gasteiger partial charge on any atom is -0.370 e. The first-order chi connectivity index (χ1) is 9.34. The summed E-state index contributed by atoms with van der Waals surface area (Å²) in [4.78, 5) is 4.52. The zero-order chi connectivity index (χ0) is 14.9. The van der Waals surface area contributed by atoms with Crippen LogP contribution in [0.1, 0.15) is 39.7 Å². The van der Waals surface area contributed by atoms with Gasteiger partial charge in [-0.1, -0.05) is 43.6 Å². The van der Waals surface area contributed by atoms with Crippen LogP contribution in [0.2, 0.25) is 0 Å². The Morgan fingerprint density at radius 2 is 2.00 bits per heavy atom. The van der Waals surface area contributed by atoms with Crippen molar-refractivity contribution >= 4 is 32.7 Å². The fraction of sp³-hybridized carbons (Fsp3) is 0.438.